The molecule has 3 aliphatic heterocycles. The quantitative estimate of drug-likeness (QED) is 0.533. The van der Waals surface area contributed by atoms with Crippen LogP contribution in [0.3, 0.4) is 0 Å². The minimum absolute atomic E-state index is 0.124. The van der Waals surface area contributed by atoms with Crippen LogP contribution in [0.4, 0.5) is 0 Å². The summed E-state index contributed by atoms with van der Waals surface area (Å²) in [6, 6.07) is 9.16. The van der Waals surface area contributed by atoms with Crippen LogP contribution in [0.1, 0.15) is 30.6 Å². The van der Waals surface area contributed by atoms with E-state index in [1.54, 1.807) is 41.1 Å². The number of benzene rings is 1. The van der Waals surface area contributed by atoms with Crippen molar-refractivity contribution < 1.29 is 14.3 Å². The van der Waals surface area contributed by atoms with Gasteiger partial charge in [0.15, 0.2) is 0 Å². The summed E-state index contributed by atoms with van der Waals surface area (Å²) in [5, 5.41) is 4.54. The maximum Gasteiger partial charge on any atom is 0.282 e. The molecule has 4 rings (SSSR count). The van der Waals surface area contributed by atoms with Gasteiger partial charge in [-0.15, -0.1) is 0 Å². The molecule has 0 aliphatic carbocycles. The van der Waals surface area contributed by atoms with E-state index in [4.69, 9.17) is 4.74 Å². The summed E-state index contributed by atoms with van der Waals surface area (Å²) in [7, 11) is 1.61. The number of para-hydroxylation sites is 1. The van der Waals surface area contributed by atoms with Gasteiger partial charge >= 0.3 is 0 Å². The predicted molar refractivity (Wildman–Crippen MR) is 128 cm³/mol. The maximum absolute atomic E-state index is 13.6. The van der Waals surface area contributed by atoms with Gasteiger partial charge in [-0.25, -0.2) is 0 Å². The number of ether oxygens (including phenoxy) is 1. The Hall–Kier alpha value is -3.46. The van der Waals surface area contributed by atoms with Gasteiger partial charge in [-0.2, -0.15) is 9.78 Å². The zero-order chi connectivity index (χ0) is 24.2. The lowest BCUT2D eigenvalue weighted by molar-refractivity contribution is -0.133. The van der Waals surface area contributed by atoms with Crippen LogP contribution >= 0.6 is 0 Å². The Balaban J connectivity index is 1.65. The monoisotopic (exact) mass is 465 g/mol. The molecule has 1 aromatic carbocycles. The number of nitrogens with zero attached hydrogens (tertiary/aromatic N) is 5. The molecular weight excluding hydrogens is 434 g/mol. The summed E-state index contributed by atoms with van der Waals surface area (Å²) in [6.07, 6.45) is 3.97. The van der Waals surface area contributed by atoms with E-state index in [0.717, 1.165) is 0 Å². The summed E-state index contributed by atoms with van der Waals surface area (Å²) < 4.78 is 8.33. The molecule has 1 saturated heterocycles. The molecule has 0 N–H and O–H groups in total. The number of carbonyl (C=O) groups excluding carboxylic acids is 2. The van der Waals surface area contributed by atoms with Gasteiger partial charge in [0.05, 0.1) is 23.4 Å². The molecule has 1 aromatic rings. The summed E-state index contributed by atoms with van der Waals surface area (Å²) in [5.41, 5.74) is 1.51. The fourth-order valence-electron chi connectivity index (χ4n) is 4.19. The summed E-state index contributed by atoms with van der Waals surface area (Å²) in [4.78, 5) is 42.7. The molecule has 9 heteroatoms. The van der Waals surface area contributed by atoms with E-state index < -0.39 is 0 Å². The van der Waals surface area contributed by atoms with Crippen molar-refractivity contribution in [2.45, 2.75) is 26.8 Å². The van der Waals surface area contributed by atoms with Gasteiger partial charge in [-0.3, -0.25) is 14.4 Å². The van der Waals surface area contributed by atoms with E-state index in [1.165, 1.54) is 4.68 Å². The largest absolute Gasteiger partial charge is 0.383 e. The Morgan fingerprint density at radius 3 is 2.35 bits per heavy atom. The number of piperazine rings is 1. The molecule has 3 heterocycles. The fourth-order valence-corrected chi connectivity index (χ4v) is 4.19. The summed E-state index contributed by atoms with van der Waals surface area (Å²) >= 11 is 0. The molecule has 34 heavy (non-hydrogen) atoms. The molecule has 1 fully saturated rings. The minimum atomic E-state index is -0.272. The average molecular weight is 466 g/mol. The van der Waals surface area contributed by atoms with Crippen molar-refractivity contribution >= 4 is 11.8 Å². The maximum atomic E-state index is 13.6. The van der Waals surface area contributed by atoms with Crippen molar-refractivity contribution in [3.63, 3.8) is 0 Å². The molecule has 0 bridgehead atoms. The van der Waals surface area contributed by atoms with Gasteiger partial charge in [0.1, 0.15) is 5.69 Å². The molecule has 2 amide bonds. The lowest BCUT2D eigenvalue weighted by Gasteiger charge is -2.35. The van der Waals surface area contributed by atoms with Crippen LogP contribution in [-0.2, 0) is 16.1 Å². The number of aromatic nitrogens is 3. The number of fused-ring (bicyclic) bond motifs is 1. The Bertz CT molecular complexity index is 1180. The first kappa shape index (κ1) is 23.7. The van der Waals surface area contributed by atoms with Crippen LogP contribution in [-0.4, -0.2) is 75.9 Å². The number of carbonyl (C=O) groups is 2. The van der Waals surface area contributed by atoms with Crippen LogP contribution in [0.5, 0.6) is 0 Å². The predicted octanol–water partition coefficient (Wildman–Crippen LogP) is 2.12. The molecule has 3 aliphatic rings. The first-order chi connectivity index (χ1) is 16.4. The number of amides is 2. The summed E-state index contributed by atoms with van der Waals surface area (Å²) in [6.45, 7) is 6.89. The first-order valence-electron chi connectivity index (χ1n) is 11.6. The van der Waals surface area contributed by atoms with Crippen LogP contribution in [0, 0.1) is 5.92 Å². The molecule has 0 saturated carbocycles. The second-order valence-electron chi connectivity index (χ2n) is 8.99. The van der Waals surface area contributed by atoms with Gasteiger partial charge in [-0.05, 0) is 18.1 Å². The van der Waals surface area contributed by atoms with E-state index in [1.807, 2.05) is 36.9 Å². The third-order valence-corrected chi connectivity index (χ3v) is 6.01. The standard InChI is InChI=1S/C25H31N5O4/c1-18(2)15-22(31)28-9-11-29(12-10-28)24(32)20-16-27(13-14-34-3)17-21-23(20)26-30(25(21)33)19-7-5-4-6-8-19/h4-8,16-18H,9-15H2,1-3H3. The SMILES string of the molecule is COCCn1cc(C(=O)N2CCN(C(=O)CC(C)C)CC2)c2nn(-c3ccccc3)c(=O)c-2c1. The number of hydrogen-bond donors (Lipinski definition) is 0. The second-order valence-corrected chi connectivity index (χ2v) is 8.99. The lowest BCUT2D eigenvalue weighted by Crippen LogP contribution is -2.50. The van der Waals surface area contributed by atoms with Gasteiger partial charge in [-0.1, -0.05) is 32.0 Å². The number of hydrogen-bond acceptors (Lipinski definition) is 5. The number of rotatable bonds is 7. The zero-order valence-electron chi connectivity index (χ0n) is 19.9. The third kappa shape index (κ3) is 4.89. The molecule has 0 radical (unpaired) electrons. The van der Waals surface area contributed by atoms with Crippen LogP contribution < -0.4 is 5.56 Å². The van der Waals surface area contributed by atoms with Crippen molar-refractivity contribution in [1.29, 1.82) is 0 Å². The normalized spacial score (nSPS) is 14.2. The van der Waals surface area contributed by atoms with E-state index in [2.05, 4.69) is 5.10 Å². The first-order valence-corrected chi connectivity index (χ1v) is 11.6. The topological polar surface area (TPSA) is 89.7 Å². The van der Waals surface area contributed by atoms with Gasteiger partial charge in [0, 0.05) is 58.6 Å². The number of methoxy groups -OCH3 is 1. The minimum Gasteiger partial charge on any atom is -0.383 e. The Morgan fingerprint density at radius 2 is 1.71 bits per heavy atom. The highest BCUT2D eigenvalue weighted by Gasteiger charge is 2.30. The van der Waals surface area contributed by atoms with Gasteiger partial charge < -0.3 is 19.1 Å². The Morgan fingerprint density at radius 1 is 1.03 bits per heavy atom. The highest BCUT2D eigenvalue weighted by molar-refractivity contribution is 6.00. The Kier molecular flexibility index (Phi) is 7.12. The van der Waals surface area contributed by atoms with Crippen molar-refractivity contribution in [3.8, 4) is 16.9 Å². The smallest absolute Gasteiger partial charge is 0.282 e. The third-order valence-electron chi connectivity index (χ3n) is 6.01. The highest BCUT2D eigenvalue weighted by atomic mass is 16.5. The Labute approximate surface area is 198 Å². The highest BCUT2D eigenvalue weighted by Crippen LogP contribution is 2.24. The molecule has 180 valence electrons. The summed E-state index contributed by atoms with van der Waals surface area (Å²) in [5.74, 6) is 0.234. The van der Waals surface area contributed by atoms with E-state index in [9.17, 15) is 14.4 Å². The van der Waals surface area contributed by atoms with E-state index in [-0.39, 0.29) is 17.4 Å². The fraction of sp³-hybridized carbons (Fsp3) is 0.440. The van der Waals surface area contributed by atoms with Crippen LogP contribution in [0.2, 0.25) is 0 Å². The van der Waals surface area contributed by atoms with E-state index in [0.29, 0.717) is 74.2 Å². The van der Waals surface area contributed by atoms with Crippen molar-refractivity contribution in [2.24, 2.45) is 5.92 Å². The van der Waals surface area contributed by atoms with E-state index >= 15 is 0 Å². The lowest BCUT2D eigenvalue weighted by atomic mass is 10.1. The zero-order valence-corrected chi connectivity index (χ0v) is 19.9. The molecule has 0 atom stereocenters. The number of pyridine rings is 1. The van der Waals surface area contributed by atoms with Gasteiger partial charge in [0.2, 0.25) is 5.91 Å². The van der Waals surface area contributed by atoms with Crippen molar-refractivity contribution in [2.75, 3.05) is 39.9 Å². The van der Waals surface area contributed by atoms with Crippen molar-refractivity contribution in [3.05, 3.63) is 58.6 Å². The van der Waals surface area contributed by atoms with Crippen LogP contribution in [0.15, 0.2) is 47.5 Å². The second kappa shape index (κ2) is 10.2. The van der Waals surface area contributed by atoms with Gasteiger partial charge in [0.25, 0.3) is 11.5 Å². The van der Waals surface area contributed by atoms with Crippen LogP contribution in [0.25, 0.3) is 16.9 Å². The molecule has 9 nitrogen and oxygen atoms in total. The average Bonchev–Trinajstić information content (AvgIpc) is 3.18. The molecular formula is C25H31N5O4. The van der Waals surface area contributed by atoms with Crippen molar-refractivity contribution in [1.82, 2.24) is 24.1 Å². The molecule has 0 aromatic heterocycles. The molecule has 0 unspecified atom stereocenters. The molecule has 0 spiro atoms.